The lowest BCUT2D eigenvalue weighted by Crippen LogP contribution is -2.40. The van der Waals surface area contributed by atoms with Crippen molar-refractivity contribution in [3.05, 3.63) is 59.2 Å². The van der Waals surface area contributed by atoms with Crippen LogP contribution in [0.5, 0.6) is 5.75 Å². The van der Waals surface area contributed by atoms with E-state index in [0.717, 1.165) is 33.6 Å². The highest BCUT2D eigenvalue weighted by Crippen LogP contribution is 2.35. The van der Waals surface area contributed by atoms with Gasteiger partial charge in [-0.2, -0.15) is 17.5 Å². The molecule has 11 heteroatoms. The molecule has 0 spiro atoms. The maximum absolute atomic E-state index is 13.2. The third kappa shape index (κ3) is 6.68. The Hall–Kier alpha value is -2.63. The Balaban J connectivity index is 1.43. The molecule has 2 heterocycles. The number of nitrogens with zero attached hydrogens (tertiary/aromatic N) is 1. The number of alkyl halides is 3. The van der Waals surface area contributed by atoms with Gasteiger partial charge in [-0.05, 0) is 63.4 Å². The van der Waals surface area contributed by atoms with Crippen LogP contribution in [0, 0.1) is 0 Å². The number of hydrogen-bond donors (Lipinski definition) is 2. The van der Waals surface area contributed by atoms with E-state index in [1.807, 2.05) is 18.2 Å². The molecule has 2 aliphatic rings. The summed E-state index contributed by atoms with van der Waals surface area (Å²) >= 11 is 0. The molecule has 38 heavy (non-hydrogen) atoms. The van der Waals surface area contributed by atoms with E-state index in [2.05, 4.69) is 31.4 Å². The van der Waals surface area contributed by atoms with E-state index in [-0.39, 0.29) is 30.5 Å². The number of rotatable bonds is 7. The first-order valence-corrected chi connectivity index (χ1v) is 14.2. The molecule has 2 aromatic carbocycles. The van der Waals surface area contributed by atoms with Crippen LogP contribution in [0.4, 0.5) is 13.2 Å². The summed E-state index contributed by atoms with van der Waals surface area (Å²) in [5, 5.41) is 6.45. The molecule has 0 aliphatic carbocycles. The van der Waals surface area contributed by atoms with Gasteiger partial charge in [-0.3, -0.25) is 4.79 Å². The second-order valence-electron chi connectivity index (χ2n) is 10.9. The molecule has 1 amide bonds. The lowest BCUT2D eigenvalue weighted by molar-refractivity contribution is -0.137. The molecular formula is C27H34F3N3O4S. The van der Waals surface area contributed by atoms with E-state index in [1.165, 1.54) is 0 Å². The van der Waals surface area contributed by atoms with Gasteiger partial charge in [0.15, 0.2) is 0 Å². The van der Waals surface area contributed by atoms with Crippen molar-refractivity contribution in [3.8, 4) is 5.75 Å². The van der Waals surface area contributed by atoms with Gasteiger partial charge in [0.1, 0.15) is 5.75 Å². The Morgan fingerprint density at radius 3 is 2.58 bits per heavy atom. The molecule has 0 bridgehead atoms. The summed E-state index contributed by atoms with van der Waals surface area (Å²) in [4.78, 5) is 12.6. The molecule has 2 aliphatic heterocycles. The van der Waals surface area contributed by atoms with Crippen molar-refractivity contribution in [2.75, 3.05) is 13.2 Å². The molecule has 2 N–H and O–H groups in total. The second kappa shape index (κ2) is 10.9. The largest absolute Gasteiger partial charge is 0.493 e. The summed E-state index contributed by atoms with van der Waals surface area (Å²) in [6.45, 7) is 7.53. The predicted molar refractivity (Wildman–Crippen MR) is 137 cm³/mol. The Kier molecular flexibility index (Phi) is 8.11. The number of ether oxygens (including phenoxy) is 1. The van der Waals surface area contributed by atoms with Crippen LogP contribution in [0.2, 0.25) is 0 Å². The summed E-state index contributed by atoms with van der Waals surface area (Å²) in [6, 6.07) is 8.73. The smallest absolute Gasteiger partial charge is 0.416 e. The standard InChI is InChI=1S/C27H34F3N3O4S/c1-26(2,3)31-17-18-9-10-22-23(11-13-37-24(22)14-18)32-25(34)16-20-7-5-12-33(20)38(35,36)21-8-4-6-19(15-21)27(28,29)30/h4,6,8-10,14-15,20,23,31H,5,7,11-13,16-17H2,1-3H3,(H,32,34)/t20-,23+/m0/s1. The molecular weight excluding hydrogens is 519 g/mol. The zero-order valence-corrected chi connectivity index (χ0v) is 22.6. The maximum atomic E-state index is 13.2. The first-order chi connectivity index (χ1) is 17.7. The van der Waals surface area contributed by atoms with Crippen LogP contribution < -0.4 is 15.4 Å². The van der Waals surface area contributed by atoms with Gasteiger partial charge in [0.25, 0.3) is 0 Å². The Morgan fingerprint density at radius 2 is 1.87 bits per heavy atom. The topological polar surface area (TPSA) is 87.7 Å². The molecule has 4 rings (SSSR count). The first-order valence-electron chi connectivity index (χ1n) is 12.7. The number of benzene rings is 2. The van der Waals surface area contributed by atoms with Crippen LogP contribution in [0.25, 0.3) is 0 Å². The number of hydrogen-bond acceptors (Lipinski definition) is 5. The minimum Gasteiger partial charge on any atom is -0.493 e. The van der Waals surface area contributed by atoms with Crippen LogP contribution >= 0.6 is 0 Å². The lowest BCUT2D eigenvalue weighted by atomic mass is 9.98. The van der Waals surface area contributed by atoms with E-state index < -0.39 is 32.7 Å². The minimum absolute atomic E-state index is 0.0317. The van der Waals surface area contributed by atoms with Crippen molar-refractivity contribution in [3.63, 3.8) is 0 Å². The molecule has 0 saturated carbocycles. The molecule has 208 valence electrons. The van der Waals surface area contributed by atoms with Crippen molar-refractivity contribution in [2.45, 2.75) is 81.7 Å². The quantitative estimate of drug-likeness (QED) is 0.516. The zero-order chi connectivity index (χ0) is 27.7. The van der Waals surface area contributed by atoms with Crippen molar-refractivity contribution < 1.29 is 31.1 Å². The zero-order valence-electron chi connectivity index (χ0n) is 21.8. The fourth-order valence-electron chi connectivity index (χ4n) is 4.83. The molecule has 1 saturated heterocycles. The van der Waals surface area contributed by atoms with Crippen molar-refractivity contribution in [1.82, 2.24) is 14.9 Å². The van der Waals surface area contributed by atoms with Gasteiger partial charge < -0.3 is 15.4 Å². The lowest BCUT2D eigenvalue weighted by Gasteiger charge is -2.29. The van der Waals surface area contributed by atoms with E-state index >= 15 is 0 Å². The number of amides is 1. The van der Waals surface area contributed by atoms with Crippen LogP contribution in [-0.2, 0) is 27.5 Å². The minimum atomic E-state index is -4.65. The number of halogens is 3. The Bertz CT molecular complexity index is 1280. The molecule has 0 unspecified atom stereocenters. The number of carbonyl (C=O) groups is 1. The Labute approximate surface area is 221 Å². The van der Waals surface area contributed by atoms with E-state index in [4.69, 9.17) is 4.74 Å². The molecule has 2 atom stereocenters. The number of sulfonamides is 1. The third-order valence-corrected chi connectivity index (χ3v) is 8.74. The number of fused-ring (bicyclic) bond motifs is 1. The molecule has 2 aromatic rings. The van der Waals surface area contributed by atoms with E-state index in [9.17, 15) is 26.4 Å². The van der Waals surface area contributed by atoms with Gasteiger partial charge in [-0.15, -0.1) is 0 Å². The van der Waals surface area contributed by atoms with Gasteiger partial charge in [0.05, 0.1) is 23.1 Å². The van der Waals surface area contributed by atoms with Gasteiger partial charge in [-0.1, -0.05) is 18.2 Å². The van der Waals surface area contributed by atoms with Crippen molar-refractivity contribution in [2.24, 2.45) is 0 Å². The van der Waals surface area contributed by atoms with Gasteiger partial charge in [0, 0.05) is 43.1 Å². The highest BCUT2D eigenvalue weighted by atomic mass is 32.2. The van der Waals surface area contributed by atoms with Gasteiger partial charge in [-0.25, -0.2) is 8.42 Å². The van der Waals surface area contributed by atoms with Crippen LogP contribution in [0.1, 0.15) is 69.2 Å². The predicted octanol–water partition coefficient (Wildman–Crippen LogP) is 4.78. The second-order valence-corrected chi connectivity index (χ2v) is 12.8. The van der Waals surface area contributed by atoms with E-state index in [0.29, 0.717) is 44.2 Å². The fraction of sp³-hybridized carbons (Fsp3) is 0.519. The average molecular weight is 554 g/mol. The SMILES string of the molecule is CC(C)(C)NCc1ccc2c(c1)OCC[C@H]2NC(=O)C[C@@H]1CCCN1S(=O)(=O)c1cccc(C(F)(F)F)c1. The third-order valence-electron chi connectivity index (χ3n) is 6.79. The molecule has 0 aromatic heterocycles. The normalized spacial score (nSPS) is 20.6. The van der Waals surface area contributed by atoms with E-state index in [1.54, 1.807) is 0 Å². The highest BCUT2D eigenvalue weighted by molar-refractivity contribution is 7.89. The monoisotopic (exact) mass is 553 g/mol. The van der Waals surface area contributed by atoms with Crippen LogP contribution in [0.15, 0.2) is 47.4 Å². The molecule has 7 nitrogen and oxygen atoms in total. The number of carbonyl (C=O) groups excluding carboxylic acids is 1. The van der Waals surface area contributed by atoms with Crippen LogP contribution in [0.3, 0.4) is 0 Å². The summed E-state index contributed by atoms with van der Waals surface area (Å²) in [7, 11) is -4.19. The fourth-order valence-corrected chi connectivity index (χ4v) is 6.57. The van der Waals surface area contributed by atoms with Gasteiger partial charge >= 0.3 is 6.18 Å². The summed E-state index contributed by atoms with van der Waals surface area (Å²) in [5.74, 6) is 0.404. The molecule has 1 fully saturated rings. The van der Waals surface area contributed by atoms with Crippen molar-refractivity contribution in [1.29, 1.82) is 0 Å². The Morgan fingerprint density at radius 1 is 1.11 bits per heavy atom. The molecule has 0 radical (unpaired) electrons. The summed E-state index contributed by atoms with van der Waals surface area (Å²) in [6.07, 6.45) is -3.16. The number of nitrogens with one attached hydrogen (secondary N) is 2. The van der Waals surface area contributed by atoms with Crippen LogP contribution in [-0.4, -0.2) is 43.4 Å². The highest BCUT2D eigenvalue weighted by Gasteiger charge is 2.38. The van der Waals surface area contributed by atoms with Gasteiger partial charge in [0.2, 0.25) is 15.9 Å². The first kappa shape index (κ1) is 28.4. The average Bonchev–Trinajstić information content (AvgIpc) is 3.31. The summed E-state index contributed by atoms with van der Waals surface area (Å²) in [5.41, 5.74) is 0.870. The maximum Gasteiger partial charge on any atom is 0.416 e. The van der Waals surface area contributed by atoms with Crippen molar-refractivity contribution >= 4 is 15.9 Å². The summed E-state index contributed by atoms with van der Waals surface area (Å²) < 4.78 is 72.9.